The summed E-state index contributed by atoms with van der Waals surface area (Å²) in [4.78, 5) is 3.96. The molecule has 9 heteroatoms. The molecule has 2 aromatic heterocycles. The second-order valence-corrected chi connectivity index (χ2v) is 5.58. The molecule has 8 nitrogen and oxygen atoms in total. The van der Waals surface area contributed by atoms with Crippen LogP contribution in [0.3, 0.4) is 0 Å². The van der Waals surface area contributed by atoms with Crippen LogP contribution in [-0.2, 0) is 9.84 Å². The van der Waals surface area contributed by atoms with Crippen molar-refractivity contribution in [2.75, 3.05) is 11.1 Å². The Morgan fingerprint density at radius 3 is 3.06 bits per heavy atom. The number of anilines is 1. The number of aromatic nitrogens is 5. The molecule has 0 aliphatic carbocycles. The van der Waals surface area contributed by atoms with Gasteiger partial charge in [0.05, 0.1) is 24.2 Å². The number of hydrogen-bond acceptors (Lipinski definition) is 7. The van der Waals surface area contributed by atoms with Crippen molar-refractivity contribution >= 4 is 21.3 Å². The molecule has 1 N–H and O–H groups in total. The van der Waals surface area contributed by atoms with Gasteiger partial charge in [-0.15, -0.1) is 5.10 Å². The molecule has 0 aromatic carbocycles. The van der Waals surface area contributed by atoms with E-state index in [1.807, 2.05) is 0 Å². The van der Waals surface area contributed by atoms with Crippen LogP contribution in [0.1, 0.15) is 0 Å². The van der Waals surface area contributed by atoms with E-state index in [0.717, 1.165) is 0 Å². The van der Waals surface area contributed by atoms with Gasteiger partial charge in [-0.2, -0.15) is 4.52 Å². The fourth-order valence-corrected chi connectivity index (χ4v) is 2.86. The van der Waals surface area contributed by atoms with Crippen molar-refractivity contribution in [3.63, 3.8) is 0 Å². The summed E-state index contributed by atoms with van der Waals surface area (Å²) >= 11 is 0. The first kappa shape index (κ1) is 10.1. The van der Waals surface area contributed by atoms with E-state index in [1.165, 1.54) is 16.1 Å². The summed E-state index contributed by atoms with van der Waals surface area (Å²) in [6.45, 7) is 0. The fraction of sp³-hybridized carbons (Fsp3) is 0.250. The Balaban J connectivity index is 1.91. The maximum absolute atomic E-state index is 11.3. The molecule has 17 heavy (non-hydrogen) atoms. The Kier molecular flexibility index (Phi) is 2.08. The van der Waals surface area contributed by atoms with Crippen molar-refractivity contribution in [3.8, 4) is 0 Å². The van der Waals surface area contributed by atoms with Crippen LogP contribution in [0.2, 0.25) is 0 Å². The van der Waals surface area contributed by atoms with Gasteiger partial charge in [-0.3, -0.25) is 4.98 Å². The van der Waals surface area contributed by atoms with Crippen molar-refractivity contribution in [3.05, 3.63) is 23.9 Å². The van der Waals surface area contributed by atoms with E-state index in [0.29, 0.717) is 11.5 Å². The van der Waals surface area contributed by atoms with Crippen LogP contribution in [0.25, 0.3) is 5.65 Å². The minimum atomic E-state index is -3.08. The zero-order valence-electron chi connectivity index (χ0n) is 8.55. The van der Waals surface area contributed by atoms with Gasteiger partial charge < -0.3 is 5.32 Å². The van der Waals surface area contributed by atoms with Gasteiger partial charge >= 0.3 is 0 Å². The predicted molar refractivity (Wildman–Crippen MR) is 58.9 cm³/mol. The van der Waals surface area contributed by atoms with E-state index in [1.54, 1.807) is 12.3 Å². The minimum absolute atomic E-state index is 0.0332. The molecule has 0 spiro atoms. The lowest BCUT2D eigenvalue weighted by Crippen LogP contribution is -2.22. The summed E-state index contributed by atoms with van der Waals surface area (Å²) < 4.78 is 24.0. The molecular weight excluding hydrogens is 244 g/mol. The first-order valence-corrected chi connectivity index (χ1v) is 6.55. The first-order valence-electron chi connectivity index (χ1n) is 4.84. The van der Waals surface area contributed by atoms with Crippen molar-refractivity contribution in [2.24, 2.45) is 0 Å². The molecule has 0 radical (unpaired) electrons. The molecule has 1 aliphatic heterocycles. The second kappa shape index (κ2) is 3.48. The van der Waals surface area contributed by atoms with Crippen molar-refractivity contribution in [2.45, 2.75) is 6.04 Å². The van der Waals surface area contributed by atoms with E-state index >= 15 is 0 Å². The van der Waals surface area contributed by atoms with Crippen LogP contribution < -0.4 is 5.32 Å². The summed E-state index contributed by atoms with van der Waals surface area (Å²) in [5.74, 6) is 0.588. The summed E-state index contributed by atoms with van der Waals surface area (Å²) in [5.41, 5.74) is 0.500. The third kappa shape index (κ3) is 1.84. The molecule has 1 unspecified atom stereocenters. The Labute approximate surface area is 96.3 Å². The summed E-state index contributed by atoms with van der Waals surface area (Å²) in [6.07, 6.45) is 4.66. The normalized spacial score (nSPS) is 22.0. The van der Waals surface area contributed by atoms with Gasteiger partial charge in [-0.25, -0.2) is 8.42 Å². The van der Waals surface area contributed by atoms with Crippen LogP contribution in [-0.4, -0.2) is 45.2 Å². The Morgan fingerprint density at radius 2 is 2.29 bits per heavy atom. The van der Waals surface area contributed by atoms with Crippen molar-refractivity contribution in [1.82, 2.24) is 25.0 Å². The minimum Gasteiger partial charge on any atom is -0.361 e. The average molecular weight is 252 g/mol. The first-order chi connectivity index (χ1) is 8.14. The molecule has 2 aromatic rings. The number of hydrogen-bond donors (Lipinski definition) is 1. The molecule has 0 saturated heterocycles. The lowest BCUT2D eigenvalue weighted by Gasteiger charge is -2.10. The SMILES string of the molecule is O=S1(=O)C=CC(Nc2cncc3nnnn23)C1. The zero-order valence-corrected chi connectivity index (χ0v) is 9.37. The maximum Gasteiger partial charge on any atom is 0.199 e. The van der Waals surface area contributed by atoms with E-state index in [4.69, 9.17) is 0 Å². The number of rotatable bonds is 2. The molecule has 0 fully saturated rings. The lowest BCUT2D eigenvalue weighted by atomic mass is 10.3. The smallest absolute Gasteiger partial charge is 0.199 e. The van der Waals surface area contributed by atoms with E-state index in [2.05, 4.69) is 25.8 Å². The van der Waals surface area contributed by atoms with Crippen LogP contribution in [0.4, 0.5) is 5.82 Å². The monoisotopic (exact) mass is 252 g/mol. The number of tetrazole rings is 1. The topological polar surface area (TPSA) is 102 Å². The fourth-order valence-electron chi connectivity index (χ4n) is 1.63. The number of fused-ring (bicyclic) bond motifs is 1. The van der Waals surface area contributed by atoms with Crippen LogP contribution in [0, 0.1) is 0 Å². The van der Waals surface area contributed by atoms with Crippen LogP contribution in [0.5, 0.6) is 0 Å². The largest absolute Gasteiger partial charge is 0.361 e. The quantitative estimate of drug-likeness (QED) is 0.749. The molecule has 3 rings (SSSR count). The number of nitrogens with zero attached hydrogens (tertiary/aromatic N) is 5. The molecular formula is C8H8N6O2S. The highest BCUT2D eigenvalue weighted by Gasteiger charge is 2.22. The van der Waals surface area contributed by atoms with Crippen LogP contribution in [0.15, 0.2) is 23.9 Å². The van der Waals surface area contributed by atoms with Crippen molar-refractivity contribution in [1.29, 1.82) is 0 Å². The molecule has 88 valence electrons. The average Bonchev–Trinajstić information content (AvgIpc) is 2.85. The van der Waals surface area contributed by atoms with E-state index in [9.17, 15) is 8.42 Å². The predicted octanol–water partition coefficient (Wildman–Crippen LogP) is -0.758. The highest BCUT2D eigenvalue weighted by Crippen LogP contribution is 2.14. The summed E-state index contributed by atoms with van der Waals surface area (Å²) in [6, 6.07) is -0.281. The third-order valence-electron chi connectivity index (χ3n) is 2.37. The van der Waals surface area contributed by atoms with Gasteiger partial charge in [0.1, 0.15) is 0 Å². The third-order valence-corrected chi connectivity index (χ3v) is 3.77. The Morgan fingerprint density at radius 1 is 1.41 bits per heavy atom. The Bertz CT molecular complexity index is 691. The van der Waals surface area contributed by atoms with Gasteiger partial charge in [-0.05, 0) is 16.5 Å². The maximum atomic E-state index is 11.3. The molecule has 1 atom stereocenters. The van der Waals surface area contributed by atoms with Gasteiger partial charge in [-0.1, -0.05) is 0 Å². The number of nitrogens with one attached hydrogen (secondary N) is 1. The number of sulfone groups is 1. The summed E-state index contributed by atoms with van der Waals surface area (Å²) in [7, 11) is -3.08. The molecule has 0 amide bonds. The molecule has 1 aliphatic rings. The molecule has 0 bridgehead atoms. The molecule has 3 heterocycles. The van der Waals surface area contributed by atoms with Crippen molar-refractivity contribution < 1.29 is 8.42 Å². The Hall–Kier alpha value is -2.03. The highest BCUT2D eigenvalue weighted by atomic mass is 32.2. The van der Waals surface area contributed by atoms with Gasteiger partial charge in [0, 0.05) is 5.41 Å². The van der Waals surface area contributed by atoms with E-state index in [-0.39, 0.29) is 11.8 Å². The summed E-state index contributed by atoms with van der Waals surface area (Å²) in [5, 5.41) is 15.3. The zero-order chi connectivity index (χ0) is 11.9. The van der Waals surface area contributed by atoms with Gasteiger partial charge in [0.2, 0.25) is 0 Å². The lowest BCUT2D eigenvalue weighted by molar-refractivity contribution is 0.605. The second-order valence-electron chi connectivity index (χ2n) is 3.65. The molecule has 0 saturated carbocycles. The standard InChI is InChI=1S/C8H8N6O2S/c15-17(16)2-1-6(5-17)10-7-3-9-4-8-11-12-13-14(7)8/h1-4,6,10H,5H2. The van der Waals surface area contributed by atoms with E-state index < -0.39 is 9.84 Å². The highest BCUT2D eigenvalue weighted by molar-refractivity contribution is 7.94. The van der Waals surface area contributed by atoms with Gasteiger partial charge in [0.15, 0.2) is 21.3 Å². The van der Waals surface area contributed by atoms with Crippen LogP contribution >= 0.6 is 0 Å². The van der Waals surface area contributed by atoms with Gasteiger partial charge in [0.25, 0.3) is 0 Å².